The first kappa shape index (κ1) is 15.9. The molecule has 0 saturated carbocycles. The molecule has 1 aromatic carbocycles. The highest BCUT2D eigenvalue weighted by atomic mass is 32.2. The Morgan fingerprint density at radius 3 is 2.92 bits per heavy atom. The van der Waals surface area contributed by atoms with Gasteiger partial charge in [-0.05, 0) is 49.6 Å². The zero-order valence-electron chi connectivity index (χ0n) is 13.2. The average molecular weight is 376 g/mol. The van der Waals surface area contributed by atoms with Crippen LogP contribution in [0.5, 0.6) is 0 Å². The topological polar surface area (TPSA) is 68.0 Å². The number of anilines is 2. The molecular weight excluding hydrogens is 358 g/mol. The normalized spacial score (nSPS) is 13.9. The lowest BCUT2D eigenvalue weighted by molar-refractivity contribution is 0.100. The van der Waals surface area contributed by atoms with Crippen LogP contribution in [0.3, 0.4) is 0 Å². The third-order valence-corrected chi connectivity index (χ3v) is 7.15. The minimum atomic E-state index is -0.345. The maximum Gasteiger partial charge on any atom is 0.251 e. The van der Waals surface area contributed by atoms with Crippen molar-refractivity contribution in [2.75, 3.05) is 11.6 Å². The number of carbonyl (C=O) groups is 1. The first-order valence-corrected chi connectivity index (χ1v) is 10.7. The fourth-order valence-electron chi connectivity index (χ4n) is 3.15. The van der Waals surface area contributed by atoms with Crippen molar-refractivity contribution < 1.29 is 4.79 Å². The number of nitrogens with zero attached hydrogens (tertiary/aromatic N) is 1. The Balaban J connectivity index is 1.76. The molecule has 1 amide bonds. The van der Waals surface area contributed by atoms with E-state index in [-0.39, 0.29) is 5.91 Å². The minimum Gasteiger partial charge on any atom is -0.365 e. The second kappa shape index (κ2) is 6.38. The van der Waals surface area contributed by atoms with Crippen molar-refractivity contribution in [2.24, 2.45) is 5.73 Å². The number of thiazole rings is 1. The lowest BCUT2D eigenvalue weighted by Crippen LogP contribution is -2.15. The first-order chi connectivity index (χ1) is 11.7. The predicted octanol–water partition coefficient (Wildman–Crippen LogP) is 4.80. The van der Waals surface area contributed by atoms with E-state index in [0.717, 1.165) is 50.1 Å². The van der Waals surface area contributed by atoms with Crippen molar-refractivity contribution in [3.05, 3.63) is 34.2 Å². The van der Waals surface area contributed by atoms with Gasteiger partial charge in [-0.2, -0.15) is 0 Å². The van der Waals surface area contributed by atoms with E-state index in [1.165, 1.54) is 11.3 Å². The second-order valence-corrected chi connectivity index (χ2v) is 8.71. The van der Waals surface area contributed by atoms with Crippen molar-refractivity contribution in [3.8, 4) is 0 Å². The molecule has 2 heterocycles. The molecule has 0 spiro atoms. The van der Waals surface area contributed by atoms with Gasteiger partial charge >= 0.3 is 0 Å². The van der Waals surface area contributed by atoms with E-state index in [1.54, 1.807) is 34.4 Å². The van der Waals surface area contributed by atoms with Gasteiger partial charge in [0.2, 0.25) is 0 Å². The zero-order chi connectivity index (χ0) is 16.7. The number of benzene rings is 1. The van der Waals surface area contributed by atoms with Crippen LogP contribution in [-0.4, -0.2) is 17.1 Å². The van der Waals surface area contributed by atoms with E-state index in [2.05, 4.69) is 29.8 Å². The van der Waals surface area contributed by atoms with Gasteiger partial charge in [-0.15, -0.1) is 23.1 Å². The summed E-state index contributed by atoms with van der Waals surface area (Å²) in [4.78, 5) is 19.2. The van der Waals surface area contributed by atoms with E-state index in [4.69, 9.17) is 10.7 Å². The predicted molar refractivity (Wildman–Crippen MR) is 104 cm³/mol. The summed E-state index contributed by atoms with van der Waals surface area (Å²) < 4.78 is 1.14. The molecule has 1 aliphatic rings. The molecule has 4 rings (SSSR count). The average Bonchev–Trinajstić information content (AvgIpc) is 3.14. The lowest BCUT2D eigenvalue weighted by Gasteiger charge is -2.11. The van der Waals surface area contributed by atoms with Gasteiger partial charge in [0.25, 0.3) is 5.91 Å². The highest BCUT2D eigenvalue weighted by molar-refractivity contribution is 7.98. The van der Waals surface area contributed by atoms with Gasteiger partial charge in [0.05, 0.1) is 15.8 Å². The van der Waals surface area contributed by atoms with Gasteiger partial charge in [-0.25, -0.2) is 4.98 Å². The largest absolute Gasteiger partial charge is 0.365 e. The fraction of sp³-hybridized carbons (Fsp3) is 0.294. The Kier molecular flexibility index (Phi) is 4.24. The van der Waals surface area contributed by atoms with Gasteiger partial charge in [-0.1, -0.05) is 17.4 Å². The number of thioether (sulfide) groups is 1. The fourth-order valence-corrected chi connectivity index (χ4v) is 6.04. The number of para-hydroxylation sites is 1. The number of nitrogens with two attached hydrogens (primary N) is 1. The van der Waals surface area contributed by atoms with E-state index >= 15 is 0 Å². The number of aryl methyl sites for hydroxylation is 1. The summed E-state index contributed by atoms with van der Waals surface area (Å²) in [5, 5.41) is 5.03. The molecule has 3 N–H and O–H groups in total. The van der Waals surface area contributed by atoms with Crippen LogP contribution in [0.2, 0.25) is 0 Å². The Hall–Kier alpha value is -1.57. The standard InChI is InChI=1S/C17H17N3OS3/c1-22-11-7-4-8-12-14(11)19-17(24-12)20-16-13(15(18)21)9-5-2-3-6-10(9)23-16/h4,7-8H,2-3,5-6H2,1H3,(H2,18,21)(H,19,20). The molecule has 0 unspecified atom stereocenters. The summed E-state index contributed by atoms with van der Waals surface area (Å²) in [7, 11) is 0. The van der Waals surface area contributed by atoms with Crippen molar-refractivity contribution in [3.63, 3.8) is 0 Å². The van der Waals surface area contributed by atoms with Crippen LogP contribution in [0.4, 0.5) is 10.1 Å². The molecule has 0 atom stereocenters. The molecule has 2 aromatic heterocycles. The number of aromatic nitrogens is 1. The number of thiophene rings is 1. The maximum absolute atomic E-state index is 12.0. The summed E-state index contributed by atoms with van der Waals surface area (Å²) in [6.45, 7) is 0. The van der Waals surface area contributed by atoms with Crippen molar-refractivity contribution in [2.45, 2.75) is 30.6 Å². The molecule has 124 valence electrons. The van der Waals surface area contributed by atoms with Crippen LogP contribution >= 0.6 is 34.4 Å². The van der Waals surface area contributed by atoms with Crippen LogP contribution in [0.15, 0.2) is 23.1 Å². The number of fused-ring (bicyclic) bond motifs is 2. The molecule has 4 nitrogen and oxygen atoms in total. The Morgan fingerprint density at radius 1 is 1.29 bits per heavy atom. The Morgan fingerprint density at radius 2 is 2.12 bits per heavy atom. The van der Waals surface area contributed by atoms with E-state index < -0.39 is 0 Å². The van der Waals surface area contributed by atoms with Crippen molar-refractivity contribution >= 4 is 60.7 Å². The quantitative estimate of drug-likeness (QED) is 0.643. The van der Waals surface area contributed by atoms with Crippen molar-refractivity contribution in [1.29, 1.82) is 0 Å². The molecule has 7 heteroatoms. The van der Waals surface area contributed by atoms with E-state index in [9.17, 15) is 4.79 Å². The van der Waals surface area contributed by atoms with Gasteiger partial charge in [0.1, 0.15) is 5.00 Å². The molecule has 3 aromatic rings. The number of amides is 1. The number of nitrogens with one attached hydrogen (secondary N) is 1. The first-order valence-electron chi connectivity index (χ1n) is 7.82. The van der Waals surface area contributed by atoms with Crippen LogP contribution in [0.25, 0.3) is 10.2 Å². The Bertz CT molecular complexity index is 929. The van der Waals surface area contributed by atoms with E-state index in [0.29, 0.717) is 5.56 Å². The molecule has 24 heavy (non-hydrogen) atoms. The molecule has 0 saturated heterocycles. The number of hydrogen-bond donors (Lipinski definition) is 2. The van der Waals surface area contributed by atoms with Crippen LogP contribution in [0.1, 0.15) is 33.6 Å². The van der Waals surface area contributed by atoms with E-state index in [1.807, 2.05) is 0 Å². The number of carbonyl (C=O) groups excluding carboxylic acids is 1. The third-order valence-electron chi connectivity index (χ3n) is 4.24. The SMILES string of the molecule is CSc1cccc2sc(Nc3sc4c(c3C(N)=O)CCCC4)nc12. The van der Waals surface area contributed by atoms with Gasteiger partial charge in [0, 0.05) is 9.77 Å². The molecule has 0 radical (unpaired) electrons. The summed E-state index contributed by atoms with van der Waals surface area (Å²) in [6, 6.07) is 6.20. The molecule has 1 aliphatic carbocycles. The zero-order valence-corrected chi connectivity index (χ0v) is 15.7. The summed E-state index contributed by atoms with van der Waals surface area (Å²) in [6.07, 6.45) is 6.35. The summed E-state index contributed by atoms with van der Waals surface area (Å²) >= 11 is 4.95. The molecule has 0 bridgehead atoms. The summed E-state index contributed by atoms with van der Waals surface area (Å²) in [5.41, 5.74) is 8.49. The van der Waals surface area contributed by atoms with Crippen LogP contribution in [0, 0.1) is 0 Å². The number of primary amides is 1. The number of hydrogen-bond acceptors (Lipinski definition) is 6. The monoisotopic (exact) mass is 375 g/mol. The maximum atomic E-state index is 12.0. The molecule has 0 aliphatic heterocycles. The molecular formula is C17H17N3OS3. The minimum absolute atomic E-state index is 0.345. The highest BCUT2D eigenvalue weighted by Crippen LogP contribution is 2.41. The van der Waals surface area contributed by atoms with Gasteiger partial charge < -0.3 is 11.1 Å². The third kappa shape index (κ3) is 2.70. The lowest BCUT2D eigenvalue weighted by atomic mass is 9.95. The van der Waals surface area contributed by atoms with Crippen LogP contribution in [-0.2, 0) is 12.8 Å². The Labute approximate surface area is 152 Å². The van der Waals surface area contributed by atoms with Gasteiger partial charge in [-0.3, -0.25) is 4.79 Å². The second-order valence-electron chi connectivity index (χ2n) is 5.73. The highest BCUT2D eigenvalue weighted by Gasteiger charge is 2.24. The summed E-state index contributed by atoms with van der Waals surface area (Å²) in [5.74, 6) is -0.345. The van der Waals surface area contributed by atoms with Crippen LogP contribution < -0.4 is 11.1 Å². The van der Waals surface area contributed by atoms with Gasteiger partial charge in [0.15, 0.2) is 5.13 Å². The smallest absolute Gasteiger partial charge is 0.251 e. The number of rotatable bonds is 4. The molecule has 0 fully saturated rings. The van der Waals surface area contributed by atoms with Crippen molar-refractivity contribution in [1.82, 2.24) is 4.98 Å².